The number of unbranched alkanes of at least 4 members (excludes halogenated alkanes) is 1. The number of piperidine rings is 1. The maximum atomic E-state index is 13.5. The van der Waals surface area contributed by atoms with E-state index in [1.54, 1.807) is 18.2 Å². The van der Waals surface area contributed by atoms with Gasteiger partial charge in [0.15, 0.2) is 0 Å². The molecule has 0 aromatic heterocycles. The van der Waals surface area contributed by atoms with Gasteiger partial charge >= 0.3 is 5.97 Å². The van der Waals surface area contributed by atoms with Gasteiger partial charge in [-0.3, -0.25) is 4.79 Å². The van der Waals surface area contributed by atoms with Gasteiger partial charge in [0, 0.05) is 24.8 Å². The predicted octanol–water partition coefficient (Wildman–Crippen LogP) is 6.60. The molecular formula is C29H32N2O5. The van der Waals surface area contributed by atoms with Crippen molar-refractivity contribution in [1.82, 2.24) is 0 Å². The Labute approximate surface area is 211 Å². The van der Waals surface area contributed by atoms with Crippen LogP contribution in [0.1, 0.15) is 59.7 Å². The minimum atomic E-state index is -1.14. The topological polar surface area (TPSA) is 88.1 Å². The second-order valence-electron chi connectivity index (χ2n) is 8.81. The number of para-hydroxylation sites is 1. The zero-order valence-corrected chi connectivity index (χ0v) is 20.5. The van der Waals surface area contributed by atoms with Crippen LogP contribution in [0.25, 0.3) is 0 Å². The Morgan fingerprint density at radius 3 is 2.42 bits per heavy atom. The van der Waals surface area contributed by atoms with Crippen molar-refractivity contribution in [2.24, 2.45) is 0 Å². The van der Waals surface area contributed by atoms with Gasteiger partial charge < -0.3 is 24.8 Å². The molecule has 188 valence electrons. The van der Waals surface area contributed by atoms with E-state index < -0.39 is 11.9 Å². The van der Waals surface area contributed by atoms with Gasteiger partial charge in [-0.1, -0.05) is 31.5 Å². The normalized spacial score (nSPS) is 13.2. The number of anilines is 2. The van der Waals surface area contributed by atoms with Crippen molar-refractivity contribution in [3.05, 3.63) is 77.9 Å². The summed E-state index contributed by atoms with van der Waals surface area (Å²) in [6.07, 6.45) is 5.29. The van der Waals surface area contributed by atoms with Crippen LogP contribution in [-0.2, 0) is 0 Å². The molecule has 0 unspecified atom stereocenters. The number of aromatic carboxylic acids is 1. The molecule has 4 rings (SSSR count). The number of carboxylic acids is 1. The van der Waals surface area contributed by atoms with E-state index in [9.17, 15) is 14.7 Å². The Balaban J connectivity index is 1.63. The van der Waals surface area contributed by atoms with E-state index in [1.807, 2.05) is 36.4 Å². The number of nitrogens with one attached hydrogen (secondary N) is 1. The molecule has 7 heteroatoms. The standard InChI is InChI=1S/C29H32N2O5/c1-2-3-18-35-27-15-12-21(31-16-8-5-9-17-31)19-25(27)28(32)30-26-20-23(13-14-24(26)29(33)34)36-22-10-6-4-7-11-22/h4,6-7,10-15,19-20H,2-3,5,8-9,16-18H2,1H3,(H,30,32)(H,33,34). The summed E-state index contributed by atoms with van der Waals surface area (Å²) >= 11 is 0. The molecule has 0 aliphatic carbocycles. The van der Waals surface area contributed by atoms with Gasteiger partial charge in [-0.2, -0.15) is 0 Å². The Hall–Kier alpha value is -4.00. The molecule has 0 atom stereocenters. The smallest absolute Gasteiger partial charge is 0.337 e. The van der Waals surface area contributed by atoms with Crippen LogP contribution in [0.4, 0.5) is 11.4 Å². The maximum Gasteiger partial charge on any atom is 0.337 e. The molecule has 1 heterocycles. The number of nitrogens with zero attached hydrogens (tertiary/aromatic N) is 1. The molecule has 2 N–H and O–H groups in total. The molecule has 1 amide bonds. The molecule has 1 aliphatic heterocycles. The van der Waals surface area contributed by atoms with Gasteiger partial charge in [0.1, 0.15) is 17.2 Å². The number of hydrogen-bond acceptors (Lipinski definition) is 5. The summed E-state index contributed by atoms with van der Waals surface area (Å²) in [6.45, 7) is 4.47. The molecule has 1 saturated heterocycles. The van der Waals surface area contributed by atoms with Crippen LogP contribution in [-0.4, -0.2) is 36.7 Å². The van der Waals surface area contributed by atoms with Crippen molar-refractivity contribution >= 4 is 23.3 Å². The number of carbonyl (C=O) groups excluding carboxylic acids is 1. The van der Waals surface area contributed by atoms with E-state index in [0.29, 0.717) is 29.4 Å². The van der Waals surface area contributed by atoms with Crippen molar-refractivity contribution in [3.63, 3.8) is 0 Å². The van der Waals surface area contributed by atoms with Crippen LogP contribution in [0, 0.1) is 0 Å². The first kappa shape index (κ1) is 25.1. The quantitative estimate of drug-likeness (QED) is 0.313. The van der Waals surface area contributed by atoms with Crippen molar-refractivity contribution < 1.29 is 24.2 Å². The monoisotopic (exact) mass is 488 g/mol. The van der Waals surface area contributed by atoms with Gasteiger partial charge in [0.2, 0.25) is 0 Å². The number of hydrogen-bond donors (Lipinski definition) is 2. The Morgan fingerprint density at radius 2 is 1.69 bits per heavy atom. The molecule has 7 nitrogen and oxygen atoms in total. The number of rotatable bonds is 10. The average Bonchev–Trinajstić information content (AvgIpc) is 2.90. The summed E-state index contributed by atoms with van der Waals surface area (Å²) in [5, 5.41) is 12.5. The van der Waals surface area contributed by atoms with Gasteiger partial charge in [-0.15, -0.1) is 0 Å². The summed E-state index contributed by atoms with van der Waals surface area (Å²) in [5.41, 5.74) is 1.47. The van der Waals surface area contributed by atoms with Crippen LogP contribution in [0.3, 0.4) is 0 Å². The summed E-state index contributed by atoms with van der Waals surface area (Å²) in [6, 6.07) is 19.4. The third-order valence-electron chi connectivity index (χ3n) is 6.13. The lowest BCUT2D eigenvalue weighted by Crippen LogP contribution is -2.29. The fourth-order valence-corrected chi connectivity index (χ4v) is 4.19. The second kappa shape index (κ2) is 12.1. The molecular weight excluding hydrogens is 456 g/mol. The molecule has 0 bridgehead atoms. The Kier molecular flexibility index (Phi) is 8.44. The molecule has 3 aromatic rings. The van der Waals surface area contributed by atoms with Crippen molar-refractivity contribution in [2.45, 2.75) is 39.0 Å². The van der Waals surface area contributed by atoms with Gasteiger partial charge in [-0.05, 0) is 68.1 Å². The van der Waals surface area contributed by atoms with Crippen LogP contribution in [0.15, 0.2) is 66.7 Å². The summed E-state index contributed by atoms with van der Waals surface area (Å²) in [7, 11) is 0. The predicted molar refractivity (Wildman–Crippen MR) is 141 cm³/mol. The molecule has 36 heavy (non-hydrogen) atoms. The van der Waals surface area contributed by atoms with Gasteiger partial charge in [0.05, 0.1) is 23.4 Å². The van der Waals surface area contributed by atoms with E-state index in [1.165, 1.54) is 18.6 Å². The largest absolute Gasteiger partial charge is 0.493 e. The van der Waals surface area contributed by atoms with E-state index in [-0.39, 0.29) is 11.3 Å². The minimum absolute atomic E-state index is 0.0237. The summed E-state index contributed by atoms with van der Waals surface area (Å²) < 4.78 is 11.8. The van der Waals surface area contributed by atoms with Gasteiger partial charge in [0.25, 0.3) is 5.91 Å². The third kappa shape index (κ3) is 6.36. The highest BCUT2D eigenvalue weighted by atomic mass is 16.5. The highest BCUT2D eigenvalue weighted by molar-refractivity contribution is 6.09. The summed E-state index contributed by atoms with van der Waals surface area (Å²) in [4.78, 5) is 27.7. The molecule has 0 radical (unpaired) electrons. The summed E-state index contributed by atoms with van der Waals surface area (Å²) in [5.74, 6) is -0.0604. The first-order valence-electron chi connectivity index (χ1n) is 12.5. The molecule has 3 aromatic carbocycles. The zero-order valence-electron chi connectivity index (χ0n) is 20.5. The lowest BCUT2D eigenvalue weighted by molar-refractivity contribution is 0.0698. The first-order chi connectivity index (χ1) is 17.5. The number of amides is 1. The van der Waals surface area contributed by atoms with Crippen molar-refractivity contribution in [3.8, 4) is 17.2 Å². The van der Waals surface area contributed by atoms with E-state index in [4.69, 9.17) is 9.47 Å². The third-order valence-corrected chi connectivity index (χ3v) is 6.13. The van der Waals surface area contributed by atoms with Crippen molar-refractivity contribution in [1.29, 1.82) is 0 Å². The lowest BCUT2D eigenvalue weighted by atomic mass is 10.1. The lowest BCUT2D eigenvalue weighted by Gasteiger charge is -2.29. The number of carbonyl (C=O) groups is 2. The molecule has 0 saturated carbocycles. The van der Waals surface area contributed by atoms with Crippen LogP contribution < -0.4 is 19.7 Å². The maximum absolute atomic E-state index is 13.5. The van der Waals surface area contributed by atoms with Crippen LogP contribution in [0.2, 0.25) is 0 Å². The zero-order chi connectivity index (χ0) is 25.3. The van der Waals surface area contributed by atoms with E-state index in [2.05, 4.69) is 17.1 Å². The minimum Gasteiger partial charge on any atom is -0.493 e. The van der Waals surface area contributed by atoms with Gasteiger partial charge in [-0.25, -0.2) is 4.79 Å². The fourth-order valence-electron chi connectivity index (χ4n) is 4.19. The number of ether oxygens (including phenoxy) is 2. The van der Waals surface area contributed by atoms with Crippen LogP contribution >= 0.6 is 0 Å². The number of benzene rings is 3. The average molecular weight is 489 g/mol. The van der Waals surface area contributed by atoms with E-state index in [0.717, 1.165) is 44.5 Å². The SMILES string of the molecule is CCCCOc1ccc(N2CCCCC2)cc1C(=O)Nc1cc(Oc2ccccc2)ccc1C(=O)O. The fraction of sp³-hybridized carbons (Fsp3) is 0.310. The Morgan fingerprint density at radius 1 is 0.917 bits per heavy atom. The molecule has 1 fully saturated rings. The van der Waals surface area contributed by atoms with Crippen LogP contribution in [0.5, 0.6) is 17.2 Å². The Bertz CT molecular complexity index is 1190. The molecule has 0 spiro atoms. The number of carboxylic acid groups (broad SMARTS) is 1. The second-order valence-corrected chi connectivity index (χ2v) is 8.81. The highest BCUT2D eigenvalue weighted by Gasteiger charge is 2.20. The van der Waals surface area contributed by atoms with E-state index >= 15 is 0 Å². The highest BCUT2D eigenvalue weighted by Crippen LogP contribution is 2.31. The van der Waals surface area contributed by atoms with Crippen molar-refractivity contribution in [2.75, 3.05) is 29.9 Å². The first-order valence-corrected chi connectivity index (χ1v) is 12.5. The molecule has 1 aliphatic rings.